The van der Waals surface area contributed by atoms with Crippen molar-refractivity contribution in [3.8, 4) is 5.69 Å². The van der Waals surface area contributed by atoms with E-state index in [9.17, 15) is 18.4 Å². The Morgan fingerprint density at radius 3 is 2.25 bits per heavy atom. The zero-order valence-electron chi connectivity index (χ0n) is 18.3. The van der Waals surface area contributed by atoms with Crippen molar-refractivity contribution in [2.45, 2.75) is 45.1 Å². The molecule has 4 rings (SSSR count). The number of amides is 1. The van der Waals surface area contributed by atoms with Crippen molar-refractivity contribution in [1.82, 2.24) is 14.7 Å². The van der Waals surface area contributed by atoms with Crippen molar-refractivity contribution in [3.05, 3.63) is 59.8 Å². The summed E-state index contributed by atoms with van der Waals surface area (Å²) < 4.78 is 33.9. The molecule has 0 radical (unpaired) electrons. The van der Waals surface area contributed by atoms with Crippen molar-refractivity contribution < 1.29 is 23.1 Å². The fourth-order valence-electron chi connectivity index (χ4n) is 3.67. The standard InChI is InChI=1S/C24H25F2N3O3/c1-23(2,3)32-22(31)16-4-7-19(8-5-16)29-20-9-6-17(14-18(20)15-27-29)21(30)28-12-10-24(25,26)11-13-28/h4-9,14-15H,10-13H2,1-3H3. The number of halogens is 2. The molecular weight excluding hydrogens is 416 g/mol. The molecule has 0 aliphatic carbocycles. The number of hydrogen-bond donors (Lipinski definition) is 0. The number of carbonyl (C=O) groups is 2. The SMILES string of the molecule is CC(C)(C)OC(=O)c1ccc(-n2ncc3cc(C(=O)N4CCC(F)(F)CC4)ccc32)cc1. The maximum Gasteiger partial charge on any atom is 0.338 e. The molecule has 168 valence electrons. The molecule has 2 aromatic carbocycles. The third-order valence-corrected chi connectivity index (χ3v) is 5.34. The van der Waals surface area contributed by atoms with Gasteiger partial charge in [-0.25, -0.2) is 18.3 Å². The van der Waals surface area contributed by atoms with Gasteiger partial charge in [-0.3, -0.25) is 4.79 Å². The van der Waals surface area contributed by atoms with Gasteiger partial charge >= 0.3 is 5.97 Å². The predicted octanol–water partition coefficient (Wildman–Crippen LogP) is 4.85. The topological polar surface area (TPSA) is 64.4 Å². The first-order valence-electron chi connectivity index (χ1n) is 10.5. The number of alkyl halides is 2. The summed E-state index contributed by atoms with van der Waals surface area (Å²) in [4.78, 5) is 26.4. The average Bonchev–Trinajstić information content (AvgIpc) is 3.15. The molecular formula is C24H25F2N3O3. The molecule has 32 heavy (non-hydrogen) atoms. The molecule has 0 spiro atoms. The smallest absolute Gasteiger partial charge is 0.338 e. The molecule has 1 saturated heterocycles. The number of benzene rings is 2. The maximum absolute atomic E-state index is 13.4. The number of aromatic nitrogens is 2. The van der Waals surface area contributed by atoms with E-state index in [4.69, 9.17) is 4.74 Å². The molecule has 1 aliphatic heterocycles. The highest BCUT2D eigenvalue weighted by molar-refractivity contribution is 5.98. The van der Waals surface area contributed by atoms with Gasteiger partial charge in [-0.1, -0.05) is 0 Å². The minimum atomic E-state index is -2.69. The summed E-state index contributed by atoms with van der Waals surface area (Å²) in [7, 11) is 0. The second-order valence-corrected chi connectivity index (χ2v) is 9.03. The van der Waals surface area contributed by atoms with Crippen molar-refractivity contribution in [2.75, 3.05) is 13.1 Å². The third kappa shape index (κ3) is 4.64. The Hall–Kier alpha value is -3.29. The van der Waals surface area contributed by atoms with E-state index < -0.39 is 17.5 Å². The van der Waals surface area contributed by atoms with E-state index in [2.05, 4.69) is 5.10 Å². The van der Waals surface area contributed by atoms with Crippen LogP contribution in [0.25, 0.3) is 16.6 Å². The number of fused-ring (bicyclic) bond motifs is 1. The predicted molar refractivity (Wildman–Crippen MR) is 116 cm³/mol. The van der Waals surface area contributed by atoms with Crippen molar-refractivity contribution >= 4 is 22.8 Å². The van der Waals surface area contributed by atoms with Gasteiger partial charge in [0.15, 0.2) is 0 Å². The molecule has 1 amide bonds. The summed E-state index contributed by atoms with van der Waals surface area (Å²) in [5, 5.41) is 5.17. The second kappa shape index (κ2) is 8.00. The van der Waals surface area contributed by atoms with Gasteiger partial charge in [-0.05, 0) is 63.2 Å². The van der Waals surface area contributed by atoms with Gasteiger partial charge < -0.3 is 9.64 Å². The third-order valence-electron chi connectivity index (χ3n) is 5.34. The molecule has 3 aromatic rings. The highest BCUT2D eigenvalue weighted by atomic mass is 19.3. The summed E-state index contributed by atoms with van der Waals surface area (Å²) in [5.41, 5.74) is 1.86. The van der Waals surface area contributed by atoms with Gasteiger partial charge in [-0.2, -0.15) is 5.10 Å². The van der Waals surface area contributed by atoms with Gasteiger partial charge in [0.25, 0.3) is 11.8 Å². The lowest BCUT2D eigenvalue weighted by Crippen LogP contribution is -2.42. The number of nitrogens with zero attached hydrogens (tertiary/aromatic N) is 3. The quantitative estimate of drug-likeness (QED) is 0.545. The van der Waals surface area contributed by atoms with E-state index in [1.165, 1.54) is 4.90 Å². The van der Waals surface area contributed by atoms with E-state index in [1.54, 1.807) is 53.3 Å². The summed E-state index contributed by atoms with van der Waals surface area (Å²) >= 11 is 0. The summed E-state index contributed by atoms with van der Waals surface area (Å²) in [5.74, 6) is -3.34. The molecule has 2 heterocycles. The average molecular weight is 441 g/mol. The highest BCUT2D eigenvalue weighted by Gasteiger charge is 2.35. The van der Waals surface area contributed by atoms with E-state index in [0.29, 0.717) is 11.1 Å². The number of piperidine rings is 1. The first kappa shape index (κ1) is 21.9. The number of rotatable bonds is 3. The number of ether oxygens (including phenoxy) is 1. The van der Waals surface area contributed by atoms with E-state index >= 15 is 0 Å². The van der Waals surface area contributed by atoms with Crippen LogP contribution in [0.2, 0.25) is 0 Å². The lowest BCUT2D eigenvalue weighted by Gasteiger charge is -2.31. The van der Waals surface area contributed by atoms with E-state index in [-0.39, 0.29) is 31.8 Å². The monoisotopic (exact) mass is 441 g/mol. The first-order valence-corrected chi connectivity index (χ1v) is 10.5. The Balaban J connectivity index is 1.53. The molecule has 0 N–H and O–H groups in total. The molecule has 0 atom stereocenters. The van der Waals surface area contributed by atoms with Gasteiger partial charge in [-0.15, -0.1) is 0 Å². The van der Waals surface area contributed by atoms with Crippen LogP contribution in [0, 0.1) is 0 Å². The van der Waals surface area contributed by atoms with Crippen LogP contribution in [-0.2, 0) is 4.74 Å². The molecule has 0 bridgehead atoms. The fourth-order valence-corrected chi connectivity index (χ4v) is 3.67. The lowest BCUT2D eigenvalue weighted by molar-refractivity contribution is -0.0494. The Kier molecular flexibility index (Phi) is 5.48. The van der Waals surface area contributed by atoms with Gasteiger partial charge in [0.1, 0.15) is 5.60 Å². The Morgan fingerprint density at radius 1 is 1.00 bits per heavy atom. The zero-order chi connectivity index (χ0) is 23.1. The van der Waals surface area contributed by atoms with Gasteiger partial charge in [0.05, 0.1) is 23.0 Å². The molecule has 1 aliphatic rings. The Labute approximate surface area is 184 Å². The molecule has 1 aromatic heterocycles. The maximum atomic E-state index is 13.4. The van der Waals surface area contributed by atoms with E-state index in [1.807, 2.05) is 20.8 Å². The van der Waals surface area contributed by atoms with Crippen LogP contribution in [0.5, 0.6) is 0 Å². The Bertz CT molecular complexity index is 1150. The number of hydrogen-bond acceptors (Lipinski definition) is 4. The lowest BCUT2D eigenvalue weighted by atomic mass is 10.0. The largest absolute Gasteiger partial charge is 0.456 e. The summed E-state index contributed by atoms with van der Waals surface area (Å²) in [6.45, 7) is 5.54. The van der Waals surface area contributed by atoms with Crippen LogP contribution >= 0.6 is 0 Å². The minimum absolute atomic E-state index is 0.0487. The molecule has 0 saturated carbocycles. The van der Waals surface area contributed by atoms with Crippen LogP contribution in [0.1, 0.15) is 54.3 Å². The van der Waals surface area contributed by atoms with Gasteiger partial charge in [0.2, 0.25) is 0 Å². The van der Waals surface area contributed by atoms with Crippen LogP contribution in [0.15, 0.2) is 48.7 Å². The zero-order valence-corrected chi connectivity index (χ0v) is 18.3. The van der Waals surface area contributed by atoms with Crippen molar-refractivity contribution in [1.29, 1.82) is 0 Å². The summed E-state index contributed by atoms with van der Waals surface area (Å²) in [6, 6.07) is 12.1. The van der Waals surface area contributed by atoms with Gasteiger partial charge in [0, 0.05) is 36.9 Å². The van der Waals surface area contributed by atoms with Crippen LogP contribution in [0.4, 0.5) is 8.78 Å². The van der Waals surface area contributed by atoms with Crippen molar-refractivity contribution in [3.63, 3.8) is 0 Å². The minimum Gasteiger partial charge on any atom is -0.456 e. The second-order valence-electron chi connectivity index (χ2n) is 9.03. The number of likely N-dealkylation sites (tertiary alicyclic amines) is 1. The van der Waals surface area contributed by atoms with E-state index in [0.717, 1.165) is 16.6 Å². The normalized spacial score (nSPS) is 16.2. The molecule has 8 heteroatoms. The summed E-state index contributed by atoms with van der Waals surface area (Å²) in [6.07, 6.45) is 1.04. The number of carbonyl (C=O) groups excluding carboxylic acids is 2. The molecule has 0 unspecified atom stereocenters. The highest BCUT2D eigenvalue weighted by Crippen LogP contribution is 2.29. The number of esters is 1. The Morgan fingerprint density at radius 2 is 1.62 bits per heavy atom. The van der Waals surface area contributed by atoms with Crippen LogP contribution in [0.3, 0.4) is 0 Å². The fraction of sp³-hybridized carbons (Fsp3) is 0.375. The molecule has 1 fully saturated rings. The first-order chi connectivity index (χ1) is 15.0. The van der Waals surface area contributed by atoms with Crippen molar-refractivity contribution in [2.24, 2.45) is 0 Å². The van der Waals surface area contributed by atoms with Crippen LogP contribution < -0.4 is 0 Å². The molecule has 6 nitrogen and oxygen atoms in total. The van der Waals surface area contributed by atoms with Crippen LogP contribution in [-0.4, -0.2) is 51.2 Å².